The van der Waals surface area contributed by atoms with Gasteiger partial charge in [-0.3, -0.25) is 4.79 Å². The maximum Gasteiger partial charge on any atom is 0.341 e. The summed E-state index contributed by atoms with van der Waals surface area (Å²) in [5, 5.41) is 18.4. The summed E-state index contributed by atoms with van der Waals surface area (Å²) in [7, 11) is 0. The van der Waals surface area contributed by atoms with Gasteiger partial charge < -0.3 is 10.1 Å². The van der Waals surface area contributed by atoms with Gasteiger partial charge in [-0.25, -0.2) is 9.48 Å². The van der Waals surface area contributed by atoms with Gasteiger partial charge in [-0.1, -0.05) is 16.8 Å². The van der Waals surface area contributed by atoms with E-state index < -0.39 is 11.5 Å². The third-order valence-corrected chi connectivity index (χ3v) is 4.33. The lowest BCUT2D eigenvalue weighted by Gasteiger charge is -2.08. The number of carbonyl (C=O) groups is 1. The van der Waals surface area contributed by atoms with E-state index in [1.807, 2.05) is 6.20 Å². The first-order chi connectivity index (χ1) is 11.5. The number of fused-ring (bicyclic) bond motifs is 1. The van der Waals surface area contributed by atoms with Crippen LogP contribution in [0.2, 0.25) is 5.02 Å². The van der Waals surface area contributed by atoms with E-state index in [1.54, 1.807) is 16.8 Å². The zero-order chi connectivity index (χ0) is 16.8. The van der Waals surface area contributed by atoms with Crippen LogP contribution in [0.3, 0.4) is 0 Å². The quantitative estimate of drug-likeness (QED) is 0.756. The van der Waals surface area contributed by atoms with Gasteiger partial charge in [0.2, 0.25) is 0 Å². The Morgan fingerprint density at radius 3 is 2.88 bits per heavy atom. The molecule has 24 heavy (non-hydrogen) atoms. The number of carboxylic acids is 1. The van der Waals surface area contributed by atoms with Crippen molar-refractivity contribution in [3.05, 3.63) is 56.6 Å². The highest BCUT2D eigenvalue weighted by Crippen LogP contribution is 2.38. The summed E-state index contributed by atoms with van der Waals surface area (Å²) in [6.45, 7) is 0.388. The number of aromatic amines is 1. The van der Waals surface area contributed by atoms with E-state index in [2.05, 4.69) is 15.3 Å². The largest absolute Gasteiger partial charge is 0.477 e. The second-order valence-electron chi connectivity index (χ2n) is 5.96. The Labute approximate surface area is 140 Å². The highest BCUT2D eigenvalue weighted by Gasteiger charge is 2.26. The molecular weight excluding hydrogens is 332 g/mol. The molecule has 0 atom stereocenters. The molecule has 1 saturated carbocycles. The number of halogens is 1. The fourth-order valence-corrected chi connectivity index (χ4v) is 3.02. The molecule has 0 spiro atoms. The van der Waals surface area contributed by atoms with Crippen molar-refractivity contribution in [1.82, 2.24) is 20.0 Å². The number of nitrogens with zero attached hydrogens (tertiary/aromatic N) is 3. The number of hydrogen-bond acceptors (Lipinski definition) is 4. The van der Waals surface area contributed by atoms with Crippen LogP contribution in [0.1, 0.15) is 40.4 Å². The number of nitrogens with one attached hydrogen (secondary N) is 1. The highest BCUT2D eigenvalue weighted by molar-refractivity contribution is 6.31. The van der Waals surface area contributed by atoms with Gasteiger partial charge in [-0.2, -0.15) is 0 Å². The number of H-pyrrole nitrogens is 1. The van der Waals surface area contributed by atoms with Crippen LogP contribution < -0.4 is 5.56 Å². The first kappa shape index (κ1) is 14.9. The number of benzene rings is 1. The van der Waals surface area contributed by atoms with E-state index in [1.165, 1.54) is 6.07 Å². The summed E-state index contributed by atoms with van der Waals surface area (Å²) in [6.07, 6.45) is 4.18. The Kier molecular flexibility index (Phi) is 3.38. The Bertz CT molecular complexity index is 1020. The van der Waals surface area contributed by atoms with Crippen molar-refractivity contribution in [1.29, 1.82) is 0 Å². The summed E-state index contributed by atoms with van der Waals surface area (Å²) < 4.78 is 1.70. The molecule has 4 rings (SSSR count). The van der Waals surface area contributed by atoms with Crippen LogP contribution in [0.5, 0.6) is 0 Å². The smallest absolute Gasteiger partial charge is 0.341 e. The molecule has 1 aromatic carbocycles. The van der Waals surface area contributed by atoms with Gasteiger partial charge in [-0.05, 0) is 36.6 Å². The molecule has 0 aliphatic heterocycles. The molecule has 1 aliphatic carbocycles. The van der Waals surface area contributed by atoms with E-state index in [4.69, 9.17) is 16.7 Å². The minimum Gasteiger partial charge on any atom is -0.477 e. The van der Waals surface area contributed by atoms with Crippen LogP contribution in [0, 0.1) is 0 Å². The average Bonchev–Trinajstić information content (AvgIpc) is 3.27. The first-order valence-electron chi connectivity index (χ1n) is 7.50. The second kappa shape index (κ2) is 5.45. The lowest BCUT2D eigenvalue weighted by Crippen LogP contribution is -2.17. The highest BCUT2D eigenvalue weighted by atomic mass is 35.5. The molecular formula is C16H13ClN4O3. The molecule has 2 heterocycles. The van der Waals surface area contributed by atoms with Crippen LogP contribution >= 0.6 is 11.6 Å². The maximum absolute atomic E-state index is 12.0. The molecule has 3 aromatic rings. The van der Waals surface area contributed by atoms with Crippen molar-refractivity contribution in [3.8, 4) is 0 Å². The van der Waals surface area contributed by atoms with Crippen molar-refractivity contribution in [3.63, 3.8) is 0 Å². The van der Waals surface area contributed by atoms with Crippen molar-refractivity contribution < 1.29 is 9.90 Å². The fourth-order valence-electron chi connectivity index (χ4n) is 2.77. The number of rotatable bonds is 4. The van der Waals surface area contributed by atoms with Gasteiger partial charge in [0.15, 0.2) is 0 Å². The summed E-state index contributed by atoms with van der Waals surface area (Å²) >= 11 is 6.14. The molecule has 122 valence electrons. The van der Waals surface area contributed by atoms with E-state index in [0.29, 0.717) is 28.4 Å². The van der Waals surface area contributed by atoms with Gasteiger partial charge in [0, 0.05) is 22.5 Å². The van der Waals surface area contributed by atoms with Crippen LogP contribution in [0.25, 0.3) is 10.9 Å². The lowest BCUT2D eigenvalue weighted by molar-refractivity contribution is 0.0695. The van der Waals surface area contributed by atoms with Crippen LogP contribution in [0.15, 0.2) is 29.2 Å². The Balaban J connectivity index is 1.79. The van der Waals surface area contributed by atoms with Crippen LogP contribution in [-0.4, -0.2) is 31.1 Å². The number of aromatic carboxylic acids is 1. The fraction of sp³-hybridized carbons (Fsp3) is 0.250. The molecule has 2 N–H and O–H groups in total. The lowest BCUT2D eigenvalue weighted by atomic mass is 10.1. The Morgan fingerprint density at radius 1 is 1.38 bits per heavy atom. The molecule has 0 bridgehead atoms. The summed E-state index contributed by atoms with van der Waals surface area (Å²) in [5.74, 6) is -0.766. The summed E-state index contributed by atoms with van der Waals surface area (Å²) in [5.41, 5.74) is 1.32. The standard InChI is InChI=1S/C16H13ClN4O3/c17-11-3-9-5-12(16(23)24)15(22)18-14(9)10(4-11)6-21-7-13(19-20-21)8-1-2-8/h3-5,7-8H,1-2,6H2,(H,18,22)(H,23,24). The Morgan fingerprint density at radius 2 is 2.17 bits per heavy atom. The van der Waals surface area contributed by atoms with Crippen molar-refractivity contribution in [2.24, 2.45) is 0 Å². The van der Waals surface area contributed by atoms with Gasteiger partial charge >= 0.3 is 5.97 Å². The predicted octanol–water partition coefficient (Wildman–Crippen LogP) is 2.40. The number of pyridine rings is 1. The average molecular weight is 345 g/mol. The van der Waals surface area contributed by atoms with E-state index in [-0.39, 0.29) is 5.56 Å². The Hall–Kier alpha value is -2.67. The van der Waals surface area contributed by atoms with Gasteiger partial charge in [0.25, 0.3) is 5.56 Å². The SMILES string of the molecule is O=C(O)c1cc2cc(Cl)cc(Cn3cc(C4CC4)nn3)c2[nH]c1=O. The molecule has 2 aromatic heterocycles. The van der Waals surface area contributed by atoms with Crippen molar-refractivity contribution >= 4 is 28.5 Å². The molecule has 0 amide bonds. The normalized spacial score (nSPS) is 14.2. The third-order valence-electron chi connectivity index (χ3n) is 4.11. The third kappa shape index (κ3) is 2.67. The van der Waals surface area contributed by atoms with Crippen molar-refractivity contribution in [2.45, 2.75) is 25.3 Å². The molecule has 0 unspecified atom stereocenters. The summed E-state index contributed by atoms with van der Waals surface area (Å²) in [4.78, 5) is 25.7. The molecule has 0 saturated heterocycles. The second-order valence-corrected chi connectivity index (χ2v) is 6.40. The van der Waals surface area contributed by atoms with Crippen molar-refractivity contribution in [2.75, 3.05) is 0 Å². The minimum atomic E-state index is -1.27. The van der Waals surface area contributed by atoms with Crippen LogP contribution in [0.4, 0.5) is 0 Å². The predicted molar refractivity (Wildman–Crippen MR) is 87.6 cm³/mol. The molecule has 0 radical (unpaired) electrons. The van der Waals surface area contributed by atoms with E-state index in [0.717, 1.165) is 24.1 Å². The van der Waals surface area contributed by atoms with Gasteiger partial charge in [0.1, 0.15) is 5.56 Å². The summed E-state index contributed by atoms with van der Waals surface area (Å²) in [6, 6.07) is 4.70. The molecule has 1 aliphatic rings. The van der Waals surface area contributed by atoms with Gasteiger partial charge in [-0.15, -0.1) is 5.10 Å². The van der Waals surface area contributed by atoms with E-state index >= 15 is 0 Å². The molecule has 1 fully saturated rings. The topological polar surface area (TPSA) is 101 Å². The molecule has 7 nitrogen and oxygen atoms in total. The number of hydrogen-bond donors (Lipinski definition) is 2. The maximum atomic E-state index is 12.0. The number of aromatic nitrogens is 4. The number of carboxylic acid groups (broad SMARTS) is 1. The minimum absolute atomic E-state index is 0.313. The molecule has 8 heteroatoms. The van der Waals surface area contributed by atoms with Gasteiger partial charge in [0.05, 0.1) is 17.8 Å². The monoisotopic (exact) mass is 344 g/mol. The zero-order valence-corrected chi connectivity index (χ0v) is 13.2. The van der Waals surface area contributed by atoms with Crippen LogP contribution in [-0.2, 0) is 6.54 Å². The first-order valence-corrected chi connectivity index (χ1v) is 7.88. The van der Waals surface area contributed by atoms with E-state index in [9.17, 15) is 9.59 Å². The zero-order valence-electron chi connectivity index (χ0n) is 12.5.